The van der Waals surface area contributed by atoms with E-state index in [1.807, 2.05) is 12.1 Å². The average Bonchev–Trinajstić information content (AvgIpc) is 2.27. The maximum Gasteiger partial charge on any atom is 0.101 e. The molecule has 0 saturated carbocycles. The summed E-state index contributed by atoms with van der Waals surface area (Å²) >= 11 is 0. The van der Waals surface area contributed by atoms with E-state index in [9.17, 15) is 0 Å². The van der Waals surface area contributed by atoms with Gasteiger partial charge in [0.25, 0.3) is 0 Å². The lowest BCUT2D eigenvalue weighted by Crippen LogP contribution is -1.88. The van der Waals surface area contributed by atoms with E-state index < -0.39 is 0 Å². The molecule has 15 heavy (non-hydrogen) atoms. The zero-order valence-corrected chi connectivity index (χ0v) is 8.86. The third-order valence-electron chi connectivity index (χ3n) is 2.50. The first kappa shape index (κ1) is 9.67. The molecule has 0 amide bonds. The Bertz CT molecular complexity index is 536. The van der Waals surface area contributed by atoms with Gasteiger partial charge in [-0.15, -0.1) is 0 Å². The molecular weight excluding hydrogens is 184 g/mol. The van der Waals surface area contributed by atoms with Crippen LogP contribution < -0.4 is 0 Å². The third kappa shape index (κ3) is 1.82. The van der Waals surface area contributed by atoms with Gasteiger partial charge in [0, 0.05) is 11.6 Å². The maximum atomic E-state index is 8.79. The highest BCUT2D eigenvalue weighted by atomic mass is 14.6. The summed E-state index contributed by atoms with van der Waals surface area (Å²) in [6.07, 6.45) is 1.61. The minimum Gasteiger partial charge on any atom is -0.255 e. The van der Waals surface area contributed by atoms with Crippen LogP contribution in [0.1, 0.15) is 30.9 Å². The smallest absolute Gasteiger partial charge is 0.101 e. The van der Waals surface area contributed by atoms with E-state index in [-0.39, 0.29) is 0 Å². The maximum absolute atomic E-state index is 8.79. The van der Waals surface area contributed by atoms with Gasteiger partial charge in [0.05, 0.1) is 11.1 Å². The van der Waals surface area contributed by atoms with Crippen LogP contribution >= 0.6 is 0 Å². The molecule has 2 heteroatoms. The predicted octanol–water partition coefficient (Wildman–Crippen LogP) is 3.23. The van der Waals surface area contributed by atoms with Gasteiger partial charge in [-0.25, -0.2) is 0 Å². The summed E-state index contributed by atoms with van der Waals surface area (Å²) in [5.41, 5.74) is 2.83. The van der Waals surface area contributed by atoms with Gasteiger partial charge in [0.2, 0.25) is 0 Å². The van der Waals surface area contributed by atoms with E-state index in [0.29, 0.717) is 11.5 Å². The van der Waals surface area contributed by atoms with Crippen LogP contribution in [0.3, 0.4) is 0 Å². The number of nitriles is 1. The molecule has 2 nitrogen and oxygen atoms in total. The van der Waals surface area contributed by atoms with Crippen LogP contribution in [-0.4, -0.2) is 4.98 Å². The van der Waals surface area contributed by atoms with Crippen molar-refractivity contribution in [3.63, 3.8) is 0 Å². The van der Waals surface area contributed by atoms with Crippen LogP contribution in [0.2, 0.25) is 0 Å². The van der Waals surface area contributed by atoms with Crippen molar-refractivity contribution in [1.29, 1.82) is 5.26 Å². The molecule has 0 radical (unpaired) electrons. The number of pyridine rings is 1. The highest BCUT2D eigenvalue weighted by Gasteiger charge is 2.02. The van der Waals surface area contributed by atoms with Crippen molar-refractivity contribution in [3.05, 3.63) is 41.6 Å². The quantitative estimate of drug-likeness (QED) is 0.702. The summed E-state index contributed by atoms with van der Waals surface area (Å²) in [7, 11) is 0. The van der Waals surface area contributed by atoms with E-state index >= 15 is 0 Å². The Morgan fingerprint density at radius 3 is 2.73 bits per heavy atom. The van der Waals surface area contributed by atoms with E-state index in [1.54, 1.807) is 6.20 Å². The third-order valence-corrected chi connectivity index (χ3v) is 2.50. The lowest BCUT2D eigenvalue weighted by Gasteiger charge is -2.06. The first-order valence-electron chi connectivity index (χ1n) is 5.00. The average molecular weight is 196 g/mol. The molecule has 0 aliphatic heterocycles. The van der Waals surface area contributed by atoms with Gasteiger partial charge in [-0.2, -0.15) is 5.26 Å². The molecule has 0 bridgehead atoms. The topological polar surface area (TPSA) is 36.7 Å². The Labute approximate surface area is 89.2 Å². The molecule has 0 N–H and O–H groups in total. The zero-order valence-electron chi connectivity index (χ0n) is 8.86. The fourth-order valence-electron chi connectivity index (χ4n) is 1.57. The van der Waals surface area contributed by atoms with Crippen molar-refractivity contribution in [1.82, 2.24) is 4.98 Å². The van der Waals surface area contributed by atoms with Gasteiger partial charge in [-0.3, -0.25) is 4.98 Å². The first-order valence-corrected chi connectivity index (χ1v) is 5.00. The van der Waals surface area contributed by atoms with Crippen LogP contribution in [0, 0.1) is 11.3 Å². The van der Waals surface area contributed by atoms with Crippen LogP contribution in [-0.2, 0) is 0 Å². The molecule has 74 valence electrons. The molecular formula is C13H12N2. The largest absolute Gasteiger partial charge is 0.255 e. The number of rotatable bonds is 1. The number of hydrogen-bond acceptors (Lipinski definition) is 2. The molecule has 1 heterocycles. The SMILES string of the molecule is CC(C)c1ccc2ncc(C#N)cc2c1. The van der Waals surface area contributed by atoms with Crippen molar-refractivity contribution in [2.75, 3.05) is 0 Å². The summed E-state index contributed by atoms with van der Waals surface area (Å²) in [4.78, 5) is 4.23. The summed E-state index contributed by atoms with van der Waals surface area (Å²) in [5, 5.41) is 9.83. The lowest BCUT2D eigenvalue weighted by atomic mass is 10.0. The fourth-order valence-corrected chi connectivity index (χ4v) is 1.57. The summed E-state index contributed by atoms with van der Waals surface area (Å²) in [5.74, 6) is 0.500. The molecule has 0 unspecified atom stereocenters. The summed E-state index contributed by atoms with van der Waals surface area (Å²) in [6, 6.07) is 10.2. The highest BCUT2D eigenvalue weighted by Crippen LogP contribution is 2.20. The molecule has 0 fully saturated rings. The van der Waals surface area contributed by atoms with E-state index in [1.165, 1.54) is 5.56 Å². The second-order valence-electron chi connectivity index (χ2n) is 3.94. The Balaban J connectivity index is 2.64. The molecule has 2 rings (SSSR count). The van der Waals surface area contributed by atoms with E-state index in [2.05, 4.69) is 37.0 Å². The van der Waals surface area contributed by atoms with Crippen molar-refractivity contribution < 1.29 is 0 Å². The standard InChI is InChI=1S/C13H12N2/c1-9(2)11-3-4-13-12(6-11)5-10(7-14)8-15-13/h3-6,8-9H,1-2H3. The normalized spacial score (nSPS) is 10.5. The van der Waals surface area contributed by atoms with Crippen LogP contribution in [0.25, 0.3) is 10.9 Å². The minimum absolute atomic E-state index is 0.500. The zero-order chi connectivity index (χ0) is 10.8. The van der Waals surface area contributed by atoms with Crippen molar-refractivity contribution in [2.24, 2.45) is 0 Å². The fraction of sp³-hybridized carbons (Fsp3) is 0.231. The second-order valence-corrected chi connectivity index (χ2v) is 3.94. The Morgan fingerprint density at radius 2 is 2.07 bits per heavy atom. The minimum atomic E-state index is 0.500. The number of nitrogens with zero attached hydrogens (tertiary/aromatic N) is 2. The molecule has 0 spiro atoms. The van der Waals surface area contributed by atoms with Gasteiger partial charge in [-0.05, 0) is 29.7 Å². The van der Waals surface area contributed by atoms with Crippen molar-refractivity contribution in [3.8, 4) is 6.07 Å². The lowest BCUT2D eigenvalue weighted by molar-refractivity contribution is 0.868. The summed E-state index contributed by atoms with van der Waals surface area (Å²) in [6.45, 7) is 4.31. The van der Waals surface area contributed by atoms with Crippen LogP contribution in [0.5, 0.6) is 0 Å². The van der Waals surface area contributed by atoms with E-state index in [4.69, 9.17) is 5.26 Å². The second kappa shape index (κ2) is 3.70. The van der Waals surface area contributed by atoms with Gasteiger partial charge < -0.3 is 0 Å². The molecule has 0 atom stereocenters. The van der Waals surface area contributed by atoms with Gasteiger partial charge in [0.15, 0.2) is 0 Å². The summed E-state index contributed by atoms with van der Waals surface area (Å²) < 4.78 is 0. The van der Waals surface area contributed by atoms with Crippen molar-refractivity contribution >= 4 is 10.9 Å². The molecule has 0 aliphatic rings. The number of fused-ring (bicyclic) bond motifs is 1. The van der Waals surface area contributed by atoms with Gasteiger partial charge in [0.1, 0.15) is 6.07 Å². The first-order chi connectivity index (χ1) is 7.20. The monoisotopic (exact) mass is 196 g/mol. The van der Waals surface area contributed by atoms with Crippen molar-refractivity contribution in [2.45, 2.75) is 19.8 Å². The molecule has 0 saturated heterocycles. The predicted molar refractivity (Wildman–Crippen MR) is 60.5 cm³/mol. The Kier molecular flexibility index (Phi) is 2.39. The number of aromatic nitrogens is 1. The van der Waals surface area contributed by atoms with Crippen LogP contribution in [0.15, 0.2) is 30.5 Å². The molecule has 1 aromatic heterocycles. The van der Waals surface area contributed by atoms with Gasteiger partial charge >= 0.3 is 0 Å². The van der Waals surface area contributed by atoms with Crippen LogP contribution in [0.4, 0.5) is 0 Å². The van der Waals surface area contributed by atoms with E-state index in [0.717, 1.165) is 10.9 Å². The highest BCUT2D eigenvalue weighted by molar-refractivity contribution is 5.80. The Hall–Kier alpha value is -1.88. The molecule has 0 aliphatic carbocycles. The number of benzene rings is 1. The Morgan fingerprint density at radius 1 is 1.27 bits per heavy atom. The number of hydrogen-bond donors (Lipinski definition) is 0. The molecule has 2 aromatic rings. The molecule has 1 aromatic carbocycles. The van der Waals surface area contributed by atoms with Gasteiger partial charge in [-0.1, -0.05) is 19.9 Å².